The molecule has 1 aromatic rings. The van der Waals surface area contributed by atoms with Crippen LogP contribution in [0.1, 0.15) is 64.2 Å². The molecule has 0 bridgehead atoms. The summed E-state index contributed by atoms with van der Waals surface area (Å²) in [6.45, 7) is 5.52. The van der Waals surface area contributed by atoms with Crippen molar-refractivity contribution in [3.63, 3.8) is 0 Å². The van der Waals surface area contributed by atoms with E-state index in [2.05, 4.69) is 29.1 Å². The number of unbranched alkanes of at least 4 members (excludes halogenated alkanes) is 3. The fourth-order valence-electron chi connectivity index (χ4n) is 1.90. The van der Waals surface area contributed by atoms with Crippen molar-refractivity contribution < 1.29 is 0 Å². The van der Waals surface area contributed by atoms with Gasteiger partial charge in [-0.1, -0.05) is 39.5 Å². The lowest BCUT2D eigenvalue weighted by atomic mass is 10.1. The lowest BCUT2D eigenvalue weighted by Crippen LogP contribution is -2.23. The van der Waals surface area contributed by atoms with Crippen molar-refractivity contribution in [2.45, 2.75) is 58.4 Å². The highest BCUT2D eigenvalue weighted by atomic mass is 15.0. The molecule has 0 aliphatic rings. The smallest absolute Gasteiger partial charge is 0.123 e. The van der Waals surface area contributed by atoms with Gasteiger partial charge in [0.2, 0.25) is 0 Å². The van der Waals surface area contributed by atoms with Crippen LogP contribution in [0.2, 0.25) is 0 Å². The van der Waals surface area contributed by atoms with Gasteiger partial charge in [0.05, 0.1) is 6.04 Å². The molecule has 0 spiro atoms. The number of hydrogen-bond acceptors (Lipinski definition) is 2. The molecule has 1 heterocycles. The lowest BCUT2D eigenvalue weighted by molar-refractivity contribution is 0.455. The Morgan fingerprint density at radius 2 is 2.12 bits per heavy atom. The van der Waals surface area contributed by atoms with Gasteiger partial charge >= 0.3 is 0 Å². The summed E-state index contributed by atoms with van der Waals surface area (Å²) in [4.78, 5) is 7.56. The van der Waals surface area contributed by atoms with E-state index in [1.807, 2.05) is 12.4 Å². The van der Waals surface area contributed by atoms with Crippen LogP contribution in [0.4, 0.5) is 0 Å². The van der Waals surface area contributed by atoms with Crippen molar-refractivity contribution >= 4 is 0 Å². The number of aromatic amines is 1. The van der Waals surface area contributed by atoms with Crippen molar-refractivity contribution in [3.05, 3.63) is 18.2 Å². The van der Waals surface area contributed by atoms with Gasteiger partial charge in [0.25, 0.3) is 0 Å². The van der Waals surface area contributed by atoms with E-state index in [0.717, 1.165) is 12.4 Å². The Hall–Kier alpha value is -0.830. The molecule has 3 nitrogen and oxygen atoms in total. The summed E-state index contributed by atoms with van der Waals surface area (Å²) in [7, 11) is 0. The molecular weight excluding hydrogens is 198 g/mol. The minimum absolute atomic E-state index is 0.409. The van der Waals surface area contributed by atoms with E-state index < -0.39 is 0 Å². The first-order valence-corrected chi connectivity index (χ1v) is 6.61. The standard InChI is InChI=1S/C13H25N3/c1-3-5-6-7-8-12(14-9-4-2)13-15-10-11-16-13/h10-12,14H,3-9H2,1-2H3,(H,15,16). The van der Waals surface area contributed by atoms with Gasteiger partial charge in [-0.25, -0.2) is 4.98 Å². The van der Waals surface area contributed by atoms with Crippen molar-refractivity contribution in [1.82, 2.24) is 15.3 Å². The second-order valence-corrected chi connectivity index (χ2v) is 4.33. The zero-order chi connectivity index (χ0) is 11.6. The highest BCUT2D eigenvalue weighted by molar-refractivity contribution is 4.95. The molecule has 0 saturated heterocycles. The monoisotopic (exact) mass is 223 g/mol. The topological polar surface area (TPSA) is 40.7 Å². The molecule has 92 valence electrons. The molecule has 1 aromatic heterocycles. The van der Waals surface area contributed by atoms with Crippen LogP contribution >= 0.6 is 0 Å². The Kier molecular flexibility index (Phi) is 6.90. The first-order valence-electron chi connectivity index (χ1n) is 6.61. The molecule has 0 fully saturated rings. The van der Waals surface area contributed by atoms with E-state index in [0.29, 0.717) is 6.04 Å². The Bertz CT molecular complexity index is 244. The van der Waals surface area contributed by atoms with Gasteiger partial charge in [-0.15, -0.1) is 0 Å². The van der Waals surface area contributed by atoms with Crippen LogP contribution in [0, 0.1) is 0 Å². The maximum absolute atomic E-state index is 4.35. The van der Waals surface area contributed by atoms with Crippen LogP contribution in [0.25, 0.3) is 0 Å². The number of H-pyrrole nitrogens is 1. The molecule has 2 N–H and O–H groups in total. The summed E-state index contributed by atoms with van der Waals surface area (Å²) >= 11 is 0. The van der Waals surface area contributed by atoms with E-state index in [-0.39, 0.29) is 0 Å². The Labute approximate surface area is 99.1 Å². The lowest BCUT2D eigenvalue weighted by Gasteiger charge is -2.16. The molecule has 0 amide bonds. The Balaban J connectivity index is 2.32. The fraction of sp³-hybridized carbons (Fsp3) is 0.769. The van der Waals surface area contributed by atoms with Crippen LogP contribution < -0.4 is 5.32 Å². The number of hydrogen-bond donors (Lipinski definition) is 2. The molecule has 3 heteroatoms. The summed E-state index contributed by atoms with van der Waals surface area (Å²) in [6, 6.07) is 0.409. The molecular formula is C13H25N3. The third-order valence-corrected chi connectivity index (χ3v) is 2.84. The van der Waals surface area contributed by atoms with Crippen molar-refractivity contribution in [1.29, 1.82) is 0 Å². The molecule has 1 rings (SSSR count). The minimum atomic E-state index is 0.409. The highest BCUT2D eigenvalue weighted by Gasteiger charge is 2.11. The predicted molar refractivity (Wildman–Crippen MR) is 68.4 cm³/mol. The van der Waals surface area contributed by atoms with E-state index in [4.69, 9.17) is 0 Å². The molecule has 1 atom stereocenters. The maximum Gasteiger partial charge on any atom is 0.123 e. The molecule has 0 saturated carbocycles. The number of imidazole rings is 1. The Morgan fingerprint density at radius 1 is 1.25 bits per heavy atom. The van der Waals surface area contributed by atoms with Crippen molar-refractivity contribution in [2.75, 3.05) is 6.54 Å². The van der Waals surface area contributed by atoms with E-state index in [1.165, 1.54) is 38.5 Å². The zero-order valence-electron chi connectivity index (χ0n) is 10.6. The number of aromatic nitrogens is 2. The van der Waals surface area contributed by atoms with Crippen LogP contribution in [0.3, 0.4) is 0 Å². The summed E-state index contributed by atoms with van der Waals surface area (Å²) in [5.74, 6) is 1.09. The summed E-state index contributed by atoms with van der Waals surface area (Å²) in [5, 5.41) is 3.55. The first kappa shape index (κ1) is 13.2. The molecule has 0 radical (unpaired) electrons. The van der Waals surface area contributed by atoms with E-state index in [1.54, 1.807) is 0 Å². The van der Waals surface area contributed by atoms with E-state index in [9.17, 15) is 0 Å². The van der Waals surface area contributed by atoms with Crippen molar-refractivity contribution in [3.8, 4) is 0 Å². The SMILES string of the molecule is CCCCCCC(NCCC)c1ncc[nH]1. The second-order valence-electron chi connectivity index (χ2n) is 4.33. The maximum atomic E-state index is 4.35. The predicted octanol–water partition coefficient (Wildman–Crippen LogP) is 3.42. The summed E-state index contributed by atoms with van der Waals surface area (Å²) < 4.78 is 0. The zero-order valence-corrected chi connectivity index (χ0v) is 10.6. The van der Waals surface area contributed by atoms with Gasteiger partial charge in [-0.2, -0.15) is 0 Å². The third-order valence-electron chi connectivity index (χ3n) is 2.84. The normalized spacial score (nSPS) is 12.9. The quantitative estimate of drug-likeness (QED) is 0.630. The van der Waals surface area contributed by atoms with Crippen LogP contribution in [0.15, 0.2) is 12.4 Å². The van der Waals surface area contributed by atoms with Crippen LogP contribution in [-0.4, -0.2) is 16.5 Å². The third kappa shape index (κ3) is 4.79. The molecule has 16 heavy (non-hydrogen) atoms. The second kappa shape index (κ2) is 8.34. The highest BCUT2D eigenvalue weighted by Crippen LogP contribution is 2.16. The largest absolute Gasteiger partial charge is 0.347 e. The van der Waals surface area contributed by atoms with Gasteiger partial charge in [-0.3, -0.25) is 0 Å². The Morgan fingerprint density at radius 3 is 2.75 bits per heavy atom. The molecule has 0 aliphatic heterocycles. The first-order chi connectivity index (χ1) is 7.88. The minimum Gasteiger partial charge on any atom is -0.347 e. The summed E-state index contributed by atoms with van der Waals surface area (Å²) in [6.07, 6.45) is 11.4. The van der Waals surface area contributed by atoms with Crippen molar-refractivity contribution in [2.24, 2.45) is 0 Å². The van der Waals surface area contributed by atoms with Gasteiger partial charge in [0, 0.05) is 12.4 Å². The van der Waals surface area contributed by atoms with Gasteiger partial charge in [-0.05, 0) is 19.4 Å². The van der Waals surface area contributed by atoms with Gasteiger partial charge < -0.3 is 10.3 Å². The fourth-order valence-corrected chi connectivity index (χ4v) is 1.90. The van der Waals surface area contributed by atoms with E-state index >= 15 is 0 Å². The average Bonchev–Trinajstić information content (AvgIpc) is 2.82. The molecule has 0 aliphatic carbocycles. The molecule has 1 unspecified atom stereocenters. The number of nitrogens with zero attached hydrogens (tertiary/aromatic N) is 1. The van der Waals surface area contributed by atoms with Gasteiger partial charge in [0.15, 0.2) is 0 Å². The summed E-state index contributed by atoms with van der Waals surface area (Å²) in [5.41, 5.74) is 0. The van der Waals surface area contributed by atoms with Crippen LogP contribution in [-0.2, 0) is 0 Å². The average molecular weight is 223 g/mol. The number of nitrogens with one attached hydrogen (secondary N) is 2. The van der Waals surface area contributed by atoms with Gasteiger partial charge in [0.1, 0.15) is 5.82 Å². The number of rotatable bonds is 9. The molecule has 0 aromatic carbocycles. The van der Waals surface area contributed by atoms with Crippen LogP contribution in [0.5, 0.6) is 0 Å².